The molecule has 0 bridgehead atoms. The van der Waals surface area contributed by atoms with E-state index in [1.54, 1.807) is 0 Å². The fraction of sp³-hybridized carbons (Fsp3) is 0.176. The summed E-state index contributed by atoms with van der Waals surface area (Å²) in [6, 6.07) is 11.4. The summed E-state index contributed by atoms with van der Waals surface area (Å²) in [4.78, 5) is 0. The molecule has 0 saturated heterocycles. The molecule has 0 radical (unpaired) electrons. The van der Waals surface area contributed by atoms with Gasteiger partial charge in [0.2, 0.25) is 6.79 Å². The zero-order valence-corrected chi connectivity index (χ0v) is 13.5. The van der Waals surface area contributed by atoms with Crippen LogP contribution in [0, 0.1) is 0 Å². The lowest BCUT2D eigenvalue weighted by Gasteiger charge is -2.02. The quantitative estimate of drug-likeness (QED) is 0.290. The van der Waals surface area contributed by atoms with Gasteiger partial charge in [-0.3, -0.25) is 5.10 Å². The molecule has 2 aromatic carbocycles. The summed E-state index contributed by atoms with van der Waals surface area (Å²) in [6.07, 6.45) is 0. The number of aromatic amines is 1. The first-order chi connectivity index (χ1) is 11.8. The number of hydrazone groups is 1. The Balaban J connectivity index is 0.000000815. The first kappa shape index (κ1) is 15.7. The summed E-state index contributed by atoms with van der Waals surface area (Å²) in [5.41, 5.74) is 9.16. The van der Waals surface area contributed by atoms with Gasteiger partial charge in [0.15, 0.2) is 11.5 Å². The maximum Gasteiger partial charge on any atom is 0.231 e. The van der Waals surface area contributed by atoms with Crippen LogP contribution in [0.25, 0.3) is 22.2 Å². The van der Waals surface area contributed by atoms with Crippen molar-refractivity contribution in [3.8, 4) is 22.8 Å². The van der Waals surface area contributed by atoms with Gasteiger partial charge < -0.3 is 21.1 Å². The molecule has 7 nitrogen and oxygen atoms in total. The highest BCUT2D eigenvalue weighted by atomic mass is 16.7. The maximum atomic E-state index is 5.77. The van der Waals surface area contributed by atoms with E-state index in [1.807, 2.05) is 50.2 Å². The van der Waals surface area contributed by atoms with Crippen LogP contribution in [0.3, 0.4) is 0 Å². The lowest BCUT2D eigenvalue weighted by molar-refractivity contribution is 0.174. The Kier molecular flexibility index (Phi) is 4.24. The lowest BCUT2D eigenvalue weighted by atomic mass is 10.0. The van der Waals surface area contributed by atoms with Crippen molar-refractivity contribution in [1.82, 2.24) is 10.2 Å². The second-order valence-electron chi connectivity index (χ2n) is 4.91. The Labute approximate surface area is 139 Å². The number of hydrogen-bond donors (Lipinski definition) is 3. The molecule has 124 valence electrons. The minimum atomic E-state index is 0.244. The van der Waals surface area contributed by atoms with E-state index in [0.29, 0.717) is 5.75 Å². The van der Waals surface area contributed by atoms with Crippen molar-refractivity contribution in [2.75, 3.05) is 6.79 Å². The molecule has 0 saturated carbocycles. The van der Waals surface area contributed by atoms with Crippen LogP contribution < -0.4 is 21.1 Å². The van der Waals surface area contributed by atoms with Gasteiger partial charge in [-0.1, -0.05) is 13.8 Å². The second-order valence-corrected chi connectivity index (χ2v) is 4.91. The summed E-state index contributed by atoms with van der Waals surface area (Å²) in [6.45, 7) is 4.24. The van der Waals surface area contributed by atoms with Crippen LogP contribution in [0.1, 0.15) is 19.4 Å². The highest BCUT2D eigenvalue weighted by molar-refractivity contribution is 6.03. The van der Waals surface area contributed by atoms with Gasteiger partial charge in [-0.05, 0) is 36.4 Å². The molecule has 24 heavy (non-hydrogen) atoms. The van der Waals surface area contributed by atoms with E-state index in [9.17, 15) is 0 Å². The number of hydrogen-bond acceptors (Lipinski definition) is 5. The van der Waals surface area contributed by atoms with Gasteiger partial charge >= 0.3 is 0 Å². The Morgan fingerprint density at radius 1 is 1.12 bits per heavy atom. The Morgan fingerprint density at radius 3 is 2.71 bits per heavy atom. The molecule has 5 N–H and O–H groups in total. The molecule has 0 unspecified atom stereocenters. The van der Waals surface area contributed by atoms with Crippen LogP contribution in [0.5, 0.6) is 11.5 Å². The molecule has 1 aliphatic rings. The van der Waals surface area contributed by atoms with E-state index in [1.165, 1.54) is 0 Å². The van der Waals surface area contributed by atoms with Crippen molar-refractivity contribution >= 4 is 16.7 Å². The number of nitrogens with two attached hydrogens (primary N) is 2. The van der Waals surface area contributed by atoms with E-state index < -0.39 is 0 Å². The van der Waals surface area contributed by atoms with Gasteiger partial charge in [-0.2, -0.15) is 10.2 Å². The third-order valence-corrected chi connectivity index (χ3v) is 3.64. The van der Waals surface area contributed by atoms with Crippen molar-refractivity contribution in [3.05, 3.63) is 42.0 Å². The molecule has 0 amide bonds. The molecule has 1 aliphatic heterocycles. The average Bonchev–Trinajstić information content (AvgIpc) is 3.27. The predicted molar refractivity (Wildman–Crippen MR) is 93.9 cm³/mol. The smallest absolute Gasteiger partial charge is 0.231 e. The number of benzene rings is 2. The van der Waals surface area contributed by atoms with Crippen LogP contribution >= 0.6 is 0 Å². The van der Waals surface area contributed by atoms with Crippen LogP contribution in [-0.2, 0) is 0 Å². The van der Waals surface area contributed by atoms with Gasteiger partial charge in [0.25, 0.3) is 0 Å². The topological polar surface area (TPSA) is 112 Å². The largest absolute Gasteiger partial charge is 0.454 e. The van der Waals surface area contributed by atoms with Crippen molar-refractivity contribution < 1.29 is 9.47 Å². The number of amidine groups is 1. The summed E-state index contributed by atoms with van der Waals surface area (Å²) in [5.74, 6) is 6.98. The molecule has 0 spiro atoms. The van der Waals surface area contributed by atoms with Crippen LogP contribution in [0.2, 0.25) is 0 Å². The van der Waals surface area contributed by atoms with Gasteiger partial charge in [0.05, 0.1) is 5.52 Å². The molecule has 7 heteroatoms. The average molecular weight is 325 g/mol. The third-order valence-electron chi connectivity index (χ3n) is 3.64. The summed E-state index contributed by atoms with van der Waals surface area (Å²) in [7, 11) is 0. The maximum absolute atomic E-state index is 5.77. The number of ether oxygens (including phenoxy) is 2. The minimum Gasteiger partial charge on any atom is -0.454 e. The second kappa shape index (κ2) is 6.49. The Hall–Kier alpha value is -3.22. The highest BCUT2D eigenvalue weighted by Gasteiger charge is 2.16. The van der Waals surface area contributed by atoms with Gasteiger partial charge in [-0.25, -0.2) is 0 Å². The van der Waals surface area contributed by atoms with Gasteiger partial charge in [0, 0.05) is 16.5 Å². The normalized spacial score (nSPS) is 12.8. The van der Waals surface area contributed by atoms with Crippen molar-refractivity contribution in [1.29, 1.82) is 0 Å². The highest BCUT2D eigenvalue weighted by Crippen LogP contribution is 2.37. The van der Waals surface area contributed by atoms with Crippen LogP contribution in [0.4, 0.5) is 0 Å². The summed E-state index contributed by atoms with van der Waals surface area (Å²) >= 11 is 0. The fourth-order valence-electron chi connectivity index (χ4n) is 2.51. The van der Waals surface area contributed by atoms with Gasteiger partial charge in [-0.15, -0.1) is 0 Å². The van der Waals surface area contributed by atoms with Crippen molar-refractivity contribution in [2.24, 2.45) is 16.7 Å². The van der Waals surface area contributed by atoms with Crippen molar-refractivity contribution in [3.63, 3.8) is 0 Å². The number of aromatic nitrogens is 2. The molecular weight excluding hydrogens is 306 g/mol. The molecule has 2 heterocycles. The molecular formula is C17H19N5O2. The number of H-pyrrole nitrogens is 1. The molecule has 0 fully saturated rings. The van der Waals surface area contributed by atoms with E-state index >= 15 is 0 Å². The standard InChI is InChI=1S/C15H13N5O2.C2H6/c16-15(18-17)9-1-3-11-10(5-9)14(20-19-11)8-2-4-12-13(6-8)22-7-21-12;1-2/h1-6H,7,17H2,(H2,16,18)(H,19,20);1-2H3. The van der Waals surface area contributed by atoms with E-state index in [4.69, 9.17) is 21.1 Å². The molecule has 4 rings (SSSR count). The molecule has 3 aromatic rings. The lowest BCUT2D eigenvalue weighted by Crippen LogP contribution is -2.15. The van der Waals surface area contributed by atoms with E-state index in [-0.39, 0.29) is 12.6 Å². The first-order valence-electron chi connectivity index (χ1n) is 7.68. The summed E-state index contributed by atoms with van der Waals surface area (Å²) < 4.78 is 10.7. The first-order valence-corrected chi connectivity index (χ1v) is 7.68. The van der Waals surface area contributed by atoms with Crippen molar-refractivity contribution in [2.45, 2.75) is 13.8 Å². The zero-order chi connectivity index (χ0) is 17.1. The number of nitrogens with one attached hydrogen (secondary N) is 1. The molecule has 1 aromatic heterocycles. The van der Waals surface area contributed by atoms with E-state index in [0.717, 1.165) is 33.5 Å². The van der Waals surface area contributed by atoms with Crippen LogP contribution in [-0.4, -0.2) is 22.8 Å². The fourth-order valence-corrected chi connectivity index (χ4v) is 2.51. The minimum absolute atomic E-state index is 0.244. The molecule has 0 aliphatic carbocycles. The monoisotopic (exact) mass is 325 g/mol. The predicted octanol–water partition coefficient (Wildman–Crippen LogP) is 2.56. The number of nitrogens with zero attached hydrogens (tertiary/aromatic N) is 2. The zero-order valence-electron chi connectivity index (χ0n) is 13.5. The number of fused-ring (bicyclic) bond motifs is 2. The third kappa shape index (κ3) is 2.60. The number of rotatable bonds is 2. The Morgan fingerprint density at radius 2 is 1.92 bits per heavy atom. The van der Waals surface area contributed by atoms with Crippen LogP contribution in [0.15, 0.2) is 41.5 Å². The Bertz CT molecular complexity index is 901. The molecule has 0 atom stereocenters. The van der Waals surface area contributed by atoms with Gasteiger partial charge in [0.1, 0.15) is 11.5 Å². The SMILES string of the molecule is CC.N/N=C(\N)c1ccc2[nH]nc(-c3ccc4c(c3)OCO4)c2c1. The summed E-state index contributed by atoms with van der Waals surface area (Å²) in [5, 5.41) is 11.8. The van der Waals surface area contributed by atoms with E-state index in [2.05, 4.69) is 15.3 Å².